The SMILES string of the molecule is CC(C)(CCCc1cc(F)cc(F)c1)O[SiH3]. The van der Waals surface area contributed by atoms with Crippen molar-refractivity contribution in [2.75, 3.05) is 0 Å². The maximum Gasteiger partial charge on any atom is 0.146 e. The number of aryl methyl sites for hydroxylation is 1. The molecule has 1 nitrogen and oxygen atoms in total. The second kappa shape index (κ2) is 5.55. The Kier molecular flexibility index (Phi) is 4.62. The molecule has 0 N–H and O–H groups in total. The van der Waals surface area contributed by atoms with Gasteiger partial charge in [-0.05, 0) is 50.8 Å². The highest BCUT2D eigenvalue weighted by Gasteiger charge is 2.14. The molecule has 0 amide bonds. The zero-order valence-electron chi connectivity index (χ0n) is 10.0. The monoisotopic (exact) mass is 244 g/mol. The second-order valence-corrected chi connectivity index (χ2v) is 5.00. The fraction of sp³-hybridized carbons (Fsp3) is 0.500. The van der Waals surface area contributed by atoms with Crippen molar-refractivity contribution in [3.05, 3.63) is 35.4 Å². The maximum absolute atomic E-state index is 12.9. The summed E-state index contributed by atoms with van der Waals surface area (Å²) < 4.78 is 31.2. The van der Waals surface area contributed by atoms with Crippen molar-refractivity contribution in [2.24, 2.45) is 0 Å². The Morgan fingerprint density at radius 2 is 1.75 bits per heavy atom. The number of benzene rings is 1. The summed E-state index contributed by atoms with van der Waals surface area (Å²) >= 11 is 0. The van der Waals surface area contributed by atoms with E-state index in [2.05, 4.69) is 0 Å². The van der Waals surface area contributed by atoms with E-state index in [1.165, 1.54) is 12.1 Å². The van der Waals surface area contributed by atoms with E-state index in [1.807, 2.05) is 13.8 Å². The molecule has 0 aromatic heterocycles. The van der Waals surface area contributed by atoms with Gasteiger partial charge in [-0.3, -0.25) is 0 Å². The molecule has 0 aliphatic heterocycles. The van der Waals surface area contributed by atoms with Crippen LogP contribution in [-0.4, -0.2) is 16.1 Å². The average Bonchev–Trinajstić information content (AvgIpc) is 2.16. The summed E-state index contributed by atoms with van der Waals surface area (Å²) in [6, 6.07) is 3.67. The summed E-state index contributed by atoms with van der Waals surface area (Å²) in [5.74, 6) is -1.01. The van der Waals surface area contributed by atoms with Crippen molar-refractivity contribution in [3.8, 4) is 0 Å². The predicted molar refractivity (Wildman–Crippen MR) is 64.4 cm³/mol. The van der Waals surface area contributed by atoms with Gasteiger partial charge in [0.25, 0.3) is 0 Å². The molecule has 0 unspecified atom stereocenters. The summed E-state index contributed by atoms with van der Waals surface area (Å²) in [5, 5.41) is 0. The first kappa shape index (κ1) is 13.3. The van der Waals surface area contributed by atoms with Gasteiger partial charge in [0.1, 0.15) is 22.1 Å². The molecule has 0 spiro atoms. The van der Waals surface area contributed by atoms with Gasteiger partial charge in [-0.2, -0.15) is 0 Å². The normalized spacial score (nSPS) is 12.0. The third-order valence-electron chi connectivity index (χ3n) is 2.72. The van der Waals surface area contributed by atoms with Gasteiger partial charge in [0.2, 0.25) is 0 Å². The first-order valence-electron chi connectivity index (χ1n) is 5.43. The quantitative estimate of drug-likeness (QED) is 0.723. The highest BCUT2D eigenvalue weighted by atomic mass is 28.2. The van der Waals surface area contributed by atoms with E-state index in [0.29, 0.717) is 22.5 Å². The number of rotatable bonds is 5. The second-order valence-electron chi connectivity index (χ2n) is 4.60. The third-order valence-corrected chi connectivity index (χ3v) is 3.82. The Balaban J connectivity index is 2.49. The summed E-state index contributed by atoms with van der Waals surface area (Å²) in [5.41, 5.74) is 0.597. The summed E-state index contributed by atoms with van der Waals surface area (Å²) in [6.07, 6.45) is 2.45. The molecule has 0 aliphatic carbocycles. The predicted octanol–water partition coefficient (Wildman–Crippen LogP) is 2.36. The maximum atomic E-state index is 12.9. The van der Waals surface area contributed by atoms with Gasteiger partial charge in [0.15, 0.2) is 0 Å². The summed E-state index contributed by atoms with van der Waals surface area (Å²) in [4.78, 5) is 0. The van der Waals surface area contributed by atoms with Crippen molar-refractivity contribution >= 4 is 10.5 Å². The lowest BCUT2D eigenvalue weighted by molar-refractivity contribution is 0.110. The van der Waals surface area contributed by atoms with Crippen LogP contribution < -0.4 is 0 Å². The van der Waals surface area contributed by atoms with Gasteiger partial charge in [-0.15, -0.1) is 0 Å². The average molecular weight is 244 g/mol. The Bertz CT molecular complexity index is 333. The molecular formula is C12H18F2OSi. The number of halogens is 2. The largest absolute Gasteiger partial charge is 0.423 e. The van der Waals surface area contributed by atoms with Crippen molar-refractivity contribution in [2.45, 2.75) is 38.7 Å². The van der Waals surface area contributed by atoms with Crippen LogP contribution in [0.3, 0.4) is 0 Å². The zero-order valence-corrected chi connectivity index (χ0v) is 12.0. The molecule has 0 atom stereocenters. The van der Waals surface area contributed by atoms with Crippen LogP contribution in [0.4, 0.5) is 8.78 Å². The Hall–Kier alpha value is -0.743. The highest BCUT2D eigenvalue weighted by molar-refractivity contribution is 5.98. The first-order chi connectivity index (χ1) is 7.43. The molecule has 0 radical (unpaired) electrons. The molecule has 0 heterocycles. The van der Waals surface area contributed by atoms with E-state index in [0.717, 1.165) is 18.9 Å². The van der Waals surface area contributed by atoms with Crippen molar-refractivity contribution in [1.29, 1.82) is 0 Å². The van der Waals surface area contributed by atoms with E-state index in [1.54, 1.807) is 0 Å². The molecule has 4 heteroatoms. The van der Waals surface area contributed by atoms with Gasteiger partial charge < -0.3 is 4.43 Å². The van der Waals surface area contributed by atoms with E-state index in [-0.39, 0.29) is 5.60 Å². The number of hydrogen-bond acceptors (Lipinski definition) is 1. The Morgan fingerprint density at radius 1 is 1.19 bits per heavy atom. The van der Waals surface area contributed by atoms with Crippen LogP contribution in [0.25, 0.3) is 0 Å². The van der Waals surface area contributed by atoms with E-state index in [9.17, 15) is 8.78 Å². The smallest absolute Gasteiger partial charge is 0.146 e. The Morgan fingerprint density at radius 3 is 2.25 bits per heavy atom. The molecule has 90 valence electrons. The van der Waals surface area contributed by atoms with Gasteiger partial charge in [-0.25, -0.2) is 8.78 Å². The van der Waals surface area contributed by atoms with Gasteiger partial charge in [0, 0.05) is 11.7 Å². The van der Waals surface area contributed by atoms with Crippen LogP contribution in [0.2, 0.25) is 0 Å². The molecule has 1 aromatic carbocycles. The molecule has 0 saturated carbocycles. The first-order valence-corrected chi connectivity index (χ1v) is 6.25. The van der Waals surface area contributed by atoms with E-state index in [4.69, 9.17) is 4.43 Å². The lowest BCUT2D eigenvalue weighted by Gasteiger charge is -2.23. The van der Waals surface area contributed by atoms with E-state index >= 15 is 0 Å². The van der Waals surface area contributed by atoms with Crippen LogP contribution in [-0.2, 0) is 10.8 Å². The molecule has 0 saturated heterocycles. The minimum atomic E-state index is -0.506. The number of hydrogen-bond donors (Lipinski definition) is 0. The van der Waals surface area contributed by atoms with Crippen molar-refractivity contribution < 1.29 is 13.2 Å². The molecule has 1 rings (SSSR count). The van der Waals surface area contributed by atoms with Gasteiger partial charge >= 0.3 is 0 Å². The summed E-state index contributed by atoms with van der Waals surface area (Å²) in [7, 11) is 0.711. The molecule has 1 aromatic rings. The fourth-order valence-corrected chi connectivity index (χ4v) is 1.78. The lowest BCUT2D eigenvalue weighted by Crippen LogP contribution is -2.22. The minimum Gasteiger partial charge on any atom is -0.423 e. The molecule has 0 fully saturated rings. The van der Waals surface area contributed by atoms with Crippen LogP contribution in [0.1, 0.15) is 32.3 Å². The van der Waals surface area contributed by atoms with Crippen molar-refractivity contribution in [3.63, 3.8) is 0 Å². The molecule has 0 aliphatic rings. The van der Waals surface area contributed by atoms with Gasteiger partial charge in [0.05, 0.1) is 0 Å². The topological polar surface area (TPSA) is 9.23 Å². The van der Waals surface area contributed by atoms with Gasteiger partial charge in [-0.1, -0.05) is 0 Å². The van der Waals surface area contributed by atoms with Crippen molar-refractivity contribution in [1.82, 2.24) is 0 Å². The third kappa shape index (κ3) is 4.41. The standard InChI is InChI=1S/C12H18F2OSi/c1-12(2,15-16)5-3-4-9-6-10(13)8-11(14)7-9/h6-8H,3-5H2,1-2,16H3. The van der Waals surface area contributed by atoms with Crippen LogP contribution >= 0.6 is 0 Å². The molecule has 16 heavy (non-hydrogen) atoms. The van der Waals surface area contributed by atoms with Crippen LogP contribution in [0, 0.1) is 11.6 Å². The van der Waals surface area contributed by atoms with Crippen LogP contribution in [0.15, 0.2) is 18.2 Å². The fourth-order valence-electron chi connectivity index (χ4n) is 1.58. The zero-order chi connectivity index (χ0) is 12.2. The van der Waals surface area contributed by atoms with Crippen LogP contribution in [0.5, 0.6) is 0 Å². The summed E-state index contributed by atoms with van der Waals surface area (Å²) in [6.45, 7) is 4.07. The van der Waals surface area contributed by atoms with E-state index < -0.39 is 11.6 Å². The minimum absolute atomic E-state index is 0.113. The lowest BCUT2D eigenvalue weighted by atomic mass is 9.99. The highest BCUT2D eigenvalue weighted by Crippen LogP contribution is 2.18. The Labute approximate surface area is 98.4 Å². The molecular weight excluding hydrogens is 226 g/mol. The molecule has 0 bridgehead atoms.